The minimum atomic E-state index is -0.138. The Hall–Kier alpha value is -1.19. The Morgan fingerprint density at radius 2 is 1.86 bits per heavy atom. The number of fused-ring (bicyclic) bond motifs is 3. The highest BCUT2D eigenvalue weighted by Gasteiger charge is 2.52. The molecule has 4 heteroatoms. The third-order valence-electron chi connectivity index (χ3n) is 5.80. The predicted octanol–water partition coefficient (Wildman–Crippen LogP) is 2.54. The fourth-order valence-electron chi connectivity index (χ4n) is 4.96. The maximum absolute atomic E-state index is 12.5. The van der Waals surface area contributed by atoms with Crippen LogP contribution in [-0.2, 0) is 19.1 Å². The van der Waals surface area contributed by atoms with E-state index in [1.807, 2.05) is 6.92 Å². The van der Waals surface area contributed by atoms with Gasteiger partial charge in [0.05, 0.1) is 12.5 Å². The van der Waals surface area contributed by atoms with Crippen molar-refractivity contribution < 1.29 is 19.1 Å². The van der Waals surface area contributed by atoms with E-state index in [1.54, 1.807) is 0 Å². The second kappa shape index (κ2) is 5.90. The second-order valence-electron chi connectivity index (χ2n) is 6.76. The lowest BCUT2D eigenvalue weighted by atomic mass is 9.54. The molecule has 0 amide bonds. The Labute approximate surface area is 125 Å². The van der Waals surface area contributed by atoms with Crippen LogP contribution >= 0.6 is 0 Å². The number of esters is 1. The van der Waals surface area contributed by atoms with Crippen LogP contribution in [0.25, 0.3) is 0 Å². The van der Waals surface area contributed by atoms with Crippen LogP contribution in [0.2, 0.25) is 0 Å². The van der Waals surface area contributed by atoms with E-state index >= 15 is 0 Å². The van der Waals surface area contributed by atoms with Crippen LogP contribution in [0.15, 0.2) is 0 Å². The molecule has 0 spiro atoms. The molecule has 4 nitrogen and oxygen atoms in total. The summed E-state index contributed by atoms with van der Waals surface area (Å²) in [6.45, 7) is 2.21. The molecule has 0 N–H and O–H groups in total. The minimum Gasteiger partial charge on any atom is -0.466 e. The molecule has 5 atom stereocenters. The van der Waals surface area contributed by atoms with E-state index in [1.165, 1.54) is 0 Å². The fourth-order valence-corrected chi connectivity index (χ4v) is 4.96. The number of ether oxygens (including phenoxy) is 1. The number of carbonyl (C=O) groups is 3. The van der Waals surface area contributed by atoms with Crippen molar-refractivity contribution in [2.24, 2.45) is 29.6 Å². The van der Waals surface area contributed by atoms with Gasteiger partial charge in [0.2, 0.25) is 0 Å². The number of Topliss-reactive ketones (excluding diaryl/α,β-unsaturated/α-hetero) is 2. The van der Waals surface area contributed by atoms with Crippen molar-refractivity contribution in [1.82, 2.24) is 0 Å². The van der Waals surface area contributed by atoms with Crippen LogP contribution in [0.1, 0.15) is 51.9 Å². The van der Waals surface area contributed by atoms with Gasteiger partial charge in [0, 0.05) is 24.7 Å². The highest BCUT2D eigenvalue weighted by Crippen LogP contribution is 2.51. The Kier molecular flexibility index (Phi) is 4.14. The van der Waals surface area contributed by atoms with Gasteiger partial charge in [0.1, 0.15) is 11.6 Å². The molecule has 3 aliphatic rings. The largest absolute Gasteiger partial charge is 0.466 e. The third kappa shape index (κ3) is 2.53. The van der Waals surface area contributed by atoms with E-state index in [9.17, 15) is 14.4 Å². The number of hydrogen-bond acceptors (Lipinski definition) is 4. The zero-order chi connectivity index (χ0) is 15.0. The van der Waals surface area contributed by atoms with Crippen LogP contribution < -0.4 is 0 Å². The molecule has 0 aromatic rings. The van der Waals surface area contributed by atoms with Crippen LogP contribution in [0, 0.1) is 29.6 Å². The monoisotopic (exact) mass is 292 g/mol. The van der Waals surface area contributed by atoms with Crippen molar-refractivity contribution in [2.75, 3.05) is 6.61 Å². The molecule has 0 aliphatic heterocycles. The van der Waals surface area contributed by atoms with Gasteiger partial charge in [-0.15, -0.1) is 0 Å². The van der Waals surface area contributed by atoms with Gasteiger partial charge in [-0.2, -0.15) is 0 Å². The lowest BCUT2D eigenvalue weighted by molar-refractivity contribution is -0.158. The van der Waals surface area contributed by atoms with Crippen LogP contribution in [0.4, 0.5) is 0 Å². The highest BCUT2D eigenvalue weighted by molar-refractivity contribution is 5.88. The molecule has 3 saturated carbocycles. The van der Waals surface area contributed by atoms with Crippen LogP contribution in [0.3, 0.4) is 0 Å². The molecule has 0 saturated heterocycles. The minimum absolute atomic E-state index is 0.0730. The molecule has 116 valence electrons. The lowest BCUT2D eigenvalue weighted by Gasteiger charge is -2.48. The maximum atomic E-state index is 12.5. The Balaban J connectivity index is 1.83. The van der Waals surface area contributed by atoms with Crippen molar-refractivity contribution in [1.29, 1.82) is 0 Å². The summed E-state index contributed by atoms with van der Waals surface area (Å²) in [5.74, 6) is 0.653. The molecular formula is C17H24O4. The summed E-state index contributed by atoms with van der Waals surface area (Å²) in [7, 11) is 0. The summed E-state index contributed by atoms with van der Waals surface area (Å²) in [6.07, 6.45) is 5.33. The number of rotatable bonds is 2. The molecule has 0 bridgehead atoms. The topological polar surface area (TPSA) is 60.4 Å². The smallest absolute Gasteiger partial charge is 0.309 e. The molecular weight excluding hydrogens is 268 g/mol. The molecule has 0 heterocycles. The average molecular weight is 292 g/mol. The summed E-state index contributed by atoms with van der Waals surface area (Å²) in [5, 5.41) is 0. The van der Waals surface area contributed by atoms with Crippen molar-refractivity contribution in [3.63, 3.8) is 0 Å². The van der Waals surface area contributed by atoms with Gasteiger partial charge in [0.25, 0.3) is 0 Å². The molecule has 0 aromatic heterocycles. The van der Waals surface area contributed by atoms with E-state index < -0.39 is 0 Å². The van der Waals surface area contributed by atoms with Gasteiger partial charge >= 0.3 is 5.97 Å². The molecule has 3 aliphatic carbocycles. The third-order valence-corrected chi connectivity index (χ3v) is 5.80. The van der Waals surface area contributed by atoms with Crippen molar-refractivity contribution in [2.45, 2.75) is 51.9 Å². The number of carbonyl (C=O) groups excluding carboxylic acids is 3. The standard InChI is InChI=1S/C17H24O4/c1-2-21-17(20)13-8-9-15(19)16-11-4-3-5-14(18)10(11)6-7-12(13)16/h10-13,16H,2-9H2,1H3. The summed E-state index contributed by atoms with van der Waals surface area (Å²) >= 11 is 0. The van der Waals surface area contributed by atoms with Crippen LogP contribution in [0.5, 0.6) is 0 Å². The SMILES string of the molecule is CCOC(=O)C1CCC(=O)C2C3CCCC(=O)C3CCC12. The quantitative estimate of drug-likeness (QED) is 0.734. The maximum Gasteiger partial charge on any atom is 0.309 e. The van der Waals surface area contributed by atoms with Gasteiger partial charge in [-0.3, -0.25) is 14.4 Å². The van der Waals surface area contributed by atoms with E-state index in [-0.39, 0.29) is 41.3 Å². The number of hydrogen-bond donors (Lipinski definition) is 0. The molecule has 0 aromatic carbocycles. The van der Waals surface area contributed by atoms with Gasteiger partial charge in [-0.1, -0.05) is 0 Å². The van der Waals surface area contributed by atoms with Gasteiger partial charge in [0.15, 0.2) is 0 Å². The molecule has 3 rings (SSSR count). The average Bonchev–Trinajstić information content (AvgIpc) is 2.47. The zero-order valence-electron chi connectivity index (χ0n) is 12.7. The first-order valence-corrected chi connectivity index (χ1v) is 8.35. The first kappa shape index (κ1) is 14.7. The Morgan fingerprint density at radius 3 is 2.62 bits per heavy atom. The first-order chi connectivity index (χ1) is 10.1. The predicted molar refractivity (Wildman–Crippen MR) is 76.4 cm³/mol. The first-order valence-electron chi connectivity index (χ1n) is 8.35. The fraction of sp³-hybridized carbons (Fsp3) is 0.824. The van der Waals surface area contributed by atoms with E-state index in [2.05, 4.69) is 0 Å². The molecule has 3 fully saturated rings. The van der Waals surface area contributed by atoms with Crippen LogP contribution in [-0.4, -0.2) is 24.1 Å². The molecule has 0 radical (unpaired) electrons. The zero-order valence-corrected chi connectivity index (χ0v) is 12.7. The van der Waals surface area contributed by atoms with E-state index in [0.29, 0.717) is 31.7 Å². The highest BCUT2D eigenvalue weighted by atomic mass is 16.5. The second-order valence-corrected chi connectivity index (χ2v) is 6.76. The van der Waals surface area contributed by atoms with E-state index in [0.717, 1.165) is 25.7 Å². The Bertz CT molecular complexity index is 456. The number of ketones is 2. The normalized spacial score (nSPS) is 39.4. The molecule has 21 heavy (non-hydrogen) atoms. The van der Waals surface area contributed by atoms with E-state index in [4.69, 9.17) is 4.74 Å². The van der Waals surface area contributed by atoms with Crippen molar-refractivity contribution in [3.8, 4) is 0 Å². The van der Waals surface area contributed by atoms with Crippen molar-refractivity contribution in [3.05, 3.63) is 0 Å². The summed E-state index contributed by atoms with van der Waals surface area (Å²) in [5.41, 5.74) is 0. The summed E-state index contributed by atoms with van der Waals surface area (Å²) in [4.78, 5) is 36.8. The Morgan fingerprint density at radius 1 is 1.05 bits per heavy atom. The van der Waals surface area contributed by atoms with Crippen molar-refractivity contribution >= 4 is 17.5 Å². The summed E-state index contributed by atoms with van der Waals surface area (Å²) < 4.78 is 5.21. The van der Waals surface area contributed by atoms with Gasteiger partial charge in [-0.05, 0) is 50.9 Å². The summed E-state index contributed by atoms with van der Waals surface area (Å²) in [6, 6.07) is 0. The van der Waals surface area contributed by atoms with Gasteiger partial charge < -0.3 is 4.74 Å². The molecule has 5 unspecified atom stereocenters. The van der Waals surface area contributed by atoms with Gasteiger partial charge in [-0.25, -0.2) is 0 Å². The lowest BCUT2D eigenvalue weighted by Crippen LogP contribution is -2.50.